The highest BCUT2D eigenvalue weighted by atomic mass is 32.1. The van der Waals surface area contributed by atoms with Crippen molar-refractivity contribution in [2.45, 2.75) is 51.2 Å². The zero-order valence-corrected chi connectivity index (χ0v) is 18.9. The molecule has 1 aliphatic heterocycles. The Morgan fingerprint density at radius 3 is 2.77 bits per heavy atom. The van der Waals surface area contributed by atoms with Crippen LogP contribution in [0.4, 0.5) is 5.69 Å². The number of pyridine rings is 1. The number of carbonyl (C=O) groups is 1. The van der Waals surface area contributed by atoms with Crippen LogP contribution >= 0.6 is 34.9 Å². The Bertz CT molecular complexity index is 1130. The first-order valence-corrected chi connectivity index (χ1v) is 12.3. The van der Waals surface area contributed by atoms with Gasteiger partial charge in [-0.25, -0.2) is 4.98 Å². The van der Waals surface area contributed by atoms with E-state index in [2.05, 4.69) is 16.3 Å². The minimum absolute atomic E-state index is 0.380. The second-order valence-electron chi connectivity index (χ2n) is 7.92. The number of thiocarbonyl (C=S) groups is 1. The van der Waals surface area contributed by atoms with E-state index in [1.807, 2.05) is 11.4 Å². The molecule has 0 atom stereocenters. The molecule has 0 aromatic carbocycles. The Morgan fingerprint density at radius 2 is 2.07 bits per heavy atom. The van der Waals surface area contributed by atoms with Gasteiger partial charge >= 0.3 is 0 Å². The predicted molar refractivity (Wildman–Crippen MR) is 128 cm³/mol. The van der Waals surface area contributed by atoms with Gasteiger partial charge in [-0.1, -0.05) is 25.3 Å². The number of anilines is 1. The fourth-order valence-electron chi connectivity index (χ4n) is 4.50. The molecule has 1 saturated carbocycles. The predicted octanol–water partition coefficient (Wildman–Crippen LogP) is 4.23. The number of hydrogen-bond acceptors (Lipinski definition) is 6. The van der Waals surface area contributed by atoms with Crippen LogP contribution in [0.25, 0.3) is 20.7 Å². The molecule has 0 saturated heterocycles. The largest absolute Gasteiger partial charge is 0.397 e. The van der Waals surface area contributed by atoms with Crippen molar-refractivity contribution >= 4 is 61.8 Å². The van der Waals surface area contributed by atoms with E-state index < -0.39 is 5.91 Å². The van der Waals surface area contributed by atoms with Crippen molar-refractivity contribution in [3.05, 3.63) is 33.6 Å². The molecule has 0 unspecified atom stereocenters. The number of aromatic nitrogens is 1. The number of amides is 1. The third kappa shape index (κ3) is 3.34. The molecular formula is C21H23N5OS3. The van der Waals surface area contributed by atoms with Crippen molar-refractivity contribution < 1.29 is 4.79 Å². The summed E-state index contributed by atoms with van der Waals surface area (Å²) in [5, 5.41) is 7.25. The zero-order valence-electron chi connectivity index (χ0n) is 16.4. The Kier molecular flexibility index (Phi) is 5.12. The normalized spacial score (nSPS) is 16.7. The van der Waals surface area contributed by atoms with E-state index in [4.69, 9.17) is 28.7 Å². The highest BCUT2D eigenvalue weighted by Crippen LogP contribution is 2.45. The summed E-state index contributed by atoms with van der Waals surface area (Å²) in [4.78, 5) is 21.2. The second kappa shape index (κ2) is 7.79. The molecule has 4 heterocycles. The SMILES string of the molecule is NC(=O)c1sc2nc3c(c(-c4cccs4)c2c1N)CN(C(=S)NC1CCCCC1)C3. The molecule has 9 heteroatoms. The van der Waals surface area contributed by atoms with Crippen LogP contribution in [0.15, 0.2) is 17.5 Å². The van der Waals surface area contributed by atoms with E-state index in [0.29, 0.717) is 29.7 Å². The summed E-state index contributed by atoms with van der Waals surface area (Å²) >= 11 is 8.69. The summed E-state index contributed by atoms with van der Waals surface area (Å²) in [5.41, 5.74) is 15.6. The number of nitrogens with one attached hydrogen (secondary N) is 1. The molecule has 0 spiro atoms. The summed E-state index contributed by atoms with van der Waals surface area (Å²) in [7, 11) is 0. The summed E-state index contributed by atoms with van der Waals surface area (Å²) in [6, 6.07) is 4.58. The van der Waals surface area contributed by atoms with Crippen LogP contribution in [0, 0.1) is 0 Å². The van der Waals surface area contributed by atoms with Gasteiger partial charge in [-0.15, -0.1) is 22.7 Å². The first kappa shape index (κ1) is 19.7. The lowest BCUT2D eigenvalue weighted by Gasteiger charge is -2.28. The highest BCUT2D eigenvalue weighted by Gasteiger charge is 2.31. The first-order valence-electron chi connectivity index (χ1n) is 10.2. The lowest BCUT2D eigenvalue weighted by molar-refractivity contribution is 0.100. The van der Waals surface area contributed by atoms with Gasteiger partial charge in [0.25, 0.3) is 5.91 Å². The molecule has 5 N–H and O–H groups in total. The Labute approximate surface area is 188 Å². The third-order valence-electron chi connectivity index (χ3n) is 5.96. The number of rotatable bonds is 3. The molecule has 3 aromatic heterocycles. The van der Waals surface area contributed by atoms with Crippen molar-refractivity contribution in [3.8, 4) is 10.4 Å². The average Bonchev–Trinajstić information content (AvgIpc) is 3.46. The lowest BCUT2D eigenvalue weighted by Crippen LogP contribution is -2.43. The molecule has 6 nitrogen and oxygen atoms in total. The molecule has 0 radical (unpaired) electrons. The second-order valence-corrected chi connectivity index (χ2v) is 10.3. The molecule has 156 valence electrons. The fourth-order valence-corrected chi connectivity index (χ4v) is 6.57. The van der Waals surface area contributed by atoms with Gasteiger partial charge in [-0.2, -0.15) is 0 Å². The minimum atomic E-state index is -0.507. The summed E-state index contributed by atoms with van der Waals surface area (Å²) in [6.07, 6.45) is 6.22. The van der Waals surface area contributed by atoms with E-state index in [1.54, 1.807) is 11.3 Å². The van der Waals surface area contributed by atoms with Crippen molar-refractivity contribution in [1.82, 2.24) is 15.2 Å². The Hall–Kier alpha value is -2.23. The molecule has 1 aliphatic carbocycles. The van der Waals surface area contributed by atoms with Gasteiger partial charge in [0, 0.05) is 34.0 Å². The lowest BCUT2D eigenvalue weighted by atomic mass is 9.96. The molecule has 3 aromatic rings. The van der Waals surface area contributed by atoms with E-state index in [9.17, 15) is 4.79 Å². The monoisotopic (exact) mass is 457 g/mol. The van der Waals surface area contributed by atoms with Crippen molar-refractivity contribution in [2.24, 2.45) is 5.73 Å². The molecule has 0 bridgehead atoms. The van der Waals surface area contributed by atoms with Gasteiger partial charge in [-0.05, 0) is 36.5 Å². The van der Waals surface area contributed by atoms with Crippen LogP contribution in [0.1, 0.15) is 53.0 Å². The van der Waals surface area contributed by atoms with E-state index in [-0.39, 0.29) is 0 Å². The zero-order chi connectivity index (χ0) is 20.8. The molecule has 1 fully saturated rings. The fraction of sp³-hybridized carbons (Fsp3) is 0.381. The Morgan fingerprint density at radius 1 is 1.27 bits per heavy atom. The standard InChI is InChI=1S/C21H23N5OS3/c22-17-16-15(14-7-4-8-29-14)12-9-26(21(28)24-11-5-2-1-3-6-11)10-13(12)25-20(16)30-18(17)19(23)27/h4,7-8,11H,1-3,5-6,9-10,22H2,(H2,23,27)(H,24,28). The van der Waals surface area contributed by atoms with Gasteiger partial charge in [0.1, 0.15) is 9.71 Å². The van der Waals surface area contributed by atoms with Gasteiger partial charge in [0.05, 0.1) is 17.9 Å². The molecular weight excluding hydrogens is 434 g/mol. The number of thiophene rings is 2. The van der Waals surface area contributed by atoms with Gasteiger partial charge in [-0.3, -0.25) is 4.79 Å². The van der Waals surface area contributed by atoms with Crippen LogP contribution in [-0.4, -0.2) is 26.9 Å². The van der Waals surface area contributed by atoms with Gasteiger partial charge < -0.3 is 21.7 Å². The van der Waals surface area contributed by atoms with E-state index >= 15 is 0 Å². The summed E-state index contributed by atoms with van der Waals surface area (Å²) < 4.78 is 0. The molecule has 2 aliphatic rings. The maximum Gasteiger partial charge on any atom is 0.260 e. The van der Waals surface area contributed by atoms with Crippen LogP contribution in [0.5, 0.6) is 0 Å². The van der Waals surface area contributed by atoms with E-state index in [1.165, 1.54) is 43.4 Å². The number of primary amides is 1. The summed E-state index contributed by atoms with van der Waals surface area (Å²) in [6.45, 7) is 1.34. The summed E-state index contributed by atoms with van der Waals surface area (Å²) in [5.74, 6) is -0.507. The number of nitrogens with zero attached hydrogens (tertiary/aromatic N) is 2. The maximum absolute atomic E-state index is 11.9. The number of hydrogen-bond donors (Lipinski definition) is 3. The smallest absolute Gasteiger partial charge is 0.260 e. The minimum Gasteiger partial charge on any atom is -0.397 e. The third-order valence-corrected chi connectivity index (χ3v) is 8.34. The van der Waals surface area contributed by atoms with Crippen LogP contribution in [-0.2, 0) is 13.1 Å². The Balaban J connectivity index is 1.54. The molecule has 5 rings (SSSR count). The van der Waals surface area contributed by atoms with Crippen molar-refractivity contribution in [1.29, 1.82) is 0 Å². The van der Waals surface area contributed by atoms with E-state index in [0.717, 1.165) is 37.0 Å². The first-order chi connectivity index (χ1) is 14.5. The van der Waals surface area contributed by atoms with Crippen LogP contribution < -0.4 is 16.8 Å². The quantitative estimate of drug-likeness (QED) is 0.509. The maximum atomic E-state index is 11.9. The highest BCUT2D eigenvalue weighted by molar-refractivity contribution is 7.80. The van der Waals surface area contributed by atoms with Gasteiger partial charge in [0.2, 0.25) is 0 Å². The number of nitrogens with two attached hydrogens (primary N) is 2. The van der Waals surface area contributed by atoms with Crippen molar-refractivity contribution in [2.75, 3.05) is 5.73 Å². The topological polar surface area (TPSA) is 97.3 Å². The van der Waals surface area contributed by atoms with Crippen LogP contribution in [0.3, 0.4) is 0 Å². The number of fused-ring (bicyclic) bond motifs is 2. The van der Waals surface area contributed by atoms with Crippen LogP contribution in [0.2, 0.25) is 0 Å². The average molecular weight is 458 g/mol. The van der Waals surface area contributed by atoms with Crippen molar-refractivity contribution in [3.63, 3.8) is 0 Å². The number of nitrogen functional groups attached to an aromatic ring is 1. The molecule has 1 amide bonds. The van der Waals surface area contributed by atoms with Gasteiger partial charge in [0.15, 0.2) is 5.11 Å². The molecule has 30 heavy (non-hydrogen) atoms. The number of carbonyl (C=O) groups excluding carboxylic acids is 1.